The van der Waals surface area contributed by atoms with Crippen LogP contribution in [0.1, 0.15) is 43.5 Å². The standard InChI is InChI=1S/C18H23N3O3S/c1-11-10-25-18-19-13(8-16(22)21(11)18)9-20-14-6-4-3-5-12(14)7-15(20)17(23)24-2/h8,10,12,14-15H,3-7,9H2,1-2H3. The molecule has 7 heteroatoms. The van der Waals surface area contributed by atoms with E-state index in [1.54, 1.807) is 10.5 Å². The van der Waals surface area contributed by atoms with Crippen LogP contribution in [0, 0.1) is 12.8 Å². The number of methoxy groups -OCH3 is 1. The summed E-state index contributed by atoms with van der Waals surface area (Å²) in [6.45, 7) is 2.44. The minimum absolute atomic E-state index is 0.0484. The molecule has 2 aromatic heterocycles. The van der Waals surface area contributed by atoms with Gasteiger partial charge in [0.05, 0.1) is 12.8 Å². The van der Waals surface area contributed by atoms with Crippen molar-refractivity contribution in [2.75, 3.05) is 7.11 Å². The van der Waals surface area contributed by atoms with Gasteiger partial charge in [-0.3, -0.25) is 18.9 Å². The van der Waals surface area contributed by atoms with E-state index in [9.17, 15) is 9.59 Å². The van der Waals surface area contributed by atoms with Gasteiger partial charge in [0, 0.05) is 29.7 Å². The second kappa shape index (κ2) is 6.53. The third-order valence-corrected chi connectivity index (χ3v) is 6.61. The first kappa shape index (κ1) is 16.7. The fraction of sp³-hybridized carbons (Fsp3) is 0.611. The van der Waals surface area contributed by atoms with Gasteiger partial charge in [0.2, 0.25) is 0 Å². The summed E-state index contributed by atoms with van der Waals surface area (Å²) in [5.74, 6) is 0.380. The molecule has 25 heavy (non-hydrogen) atoms. The second-order valence-corrected chi connectivity index (χ2v) is 7.98. The molecule has 1 aliphatic heterocycles. The van der Waals surface area contributed by atoms with Crippen molar-refractivity contribution in [2.24, 2.45) is 5.92 Å². The lowest BCUT2D eigenvalue weighted by Gasteiger charge is -2.32. The van der Waals surface area contributed by atoms with Crippen LogP contribution in [0.4, 0.5) is 0 Å². The lowest BCUT2D eigenvalue weighted by Crippen LogP contribution is -2.42. The number of rotatable bonds is 3. The lowest BCUT2D eigenvalue weighted by atomic mass is 9.85. The van der Waals surface area contributed by atoms with Crippen molar-refractivity contribution in [1.82, 2.24) is 14.3 Å². The normalized spacial score (nSPS) is 26.7. The molecular formula is C18H23N3O3S. The number of aromatic nitrogens is 2. The number of hydrogen-bond donors (Lipinski definition) is 0. The van der Waals surface area contributed by atoms with E-state index in [0.717, 1.165) is 24.2 Å². The molecule has 3 heterocycles. The third-order valence-electron chi connectivity index (χ3n) is 5.67. The molecule has 0 spiro atoms. The number of hydrogen-bond acceptors (Lipinski definition) is 6. The van der Waals surface area contributed by atoms with E-state index in [2.05, 4.69) is 9.88 Å². The summed E-state index contributed by atoms with van der Waals surface area (Å²) in [5, 5.41) is 1.94. The molecule has 0 N–H and O–H groups in total. The van der Waals surface area contributed by atoms with Gasteiger partial charge >= 0.3 is 5.97 Å². The smallest absolute Gasteiger partial charge is 0.323 e. The molecule has 0 radical (unpaired) electrons. The number of likely N-dealkylation sites (tertiary alicyclic amines) is 1. The zero-order valence-corrected chi connectivity index (χ0v) is 15.4. The molecule has 0 amide bonds. The molecule has 1 saturated heterocycles. The number of aryl methyl sites for hydroxylation is 1. The predicted octanol–water partition coefficient (Wildman–Crippen LogP) is 2.37. The fourth-order valence-electron chi connectivity index (χ4n) is 4.52. The number of nitrogens with zero attached hydrogens (tertiary/aromatic N) is 3. The highest BCUT2D eigenvalue weighted by atomic mass is 32.1. The molecule has 0 aromatic carbocycles. The highest BCUT2D eigenvalue weighted by Gasteiger charge is 2.45. The maximum Gasteiger partial charge on any atom is 0.323 e. The predicted molar refractivity (Wildman–Crippen MR) is 95.8 cm³/mol. The molecule has 2 aromatic rings. The van der Waals surface area contributed by atoms with E-state index >= 15 is 0 Å². The van der Waals surface area contributed by atoms with Gasteiger partial charge in [-0.1, -0.05) is 12.8 Å². The van der Waals surface area contributed by atoms with E-state index in [1.165, 1.54) is 37.7 Å². The van der Waals surface area contributed by atoms with Crippen LogP contribution in [0.2, 0.25) is 0 Å². The molecule has 4 rings (SSSR count). The van der Waals surface area contributed by atoms with Crippen molar-refractivity contribution in [3.8, 4) is 0 Å². The SMILES string of the molecule is COC(=O)C1CC2CCCCC2N1Cc1cc(=O)n2c(C)csc2n1. The molecule has 3 atom stereocenters. The molecule has 1 saturated carbocycles. The van der Waals surface area contributed by atoms with Crippen LogP contribution < -0.4 is 5.56 Å². The van der Waals surface area contributed by atoms with Crippen LogP contribution in [-0.2, 0) is 16.1 Å². The Balaban J connectivity index is 1.67. The number of carbonyl (C=O) groups is 1. The molecule has 2 fully saturated rings. The zero-order valence-electron chi connectivity index (χ0n) is 14.6. The first-order valence-electron chi connectivity index (χ1n) is 8.89. The van der Waals surface area contributed by atoms with E-state index < -0.39 is 0 Å². The Morgan fingerprint density at radius 2 is 2.20 bits per heavy atom. The molecule has 134 valence electrons. The highest BCUT2D eigenvalue weighted by Crippen LogP contribution is 2.40. The van der Waals surface area contributed by atoms with E-state index in [-0.39, 0.29) is 17.6 Å². The maximum atomic E-state index is 12.4. The monoisotopic (exact) mass is 361 g/mol. The third kappa shape index (κ3) is 2.89. The summed E-state index contributed by atoms with van der Waals surface area (Å²) < 4.78 is 6.68. The van der Waals surface area contributed by atoms with Crippen LogP contribution in [-0.4, -0.2) is 39.4 Å². The number of fused-ring (bicyclic) bond motifs is 2. The maximum absolute atomic E-state index is 12.4. The Hall–Kier alpha value is -1.73. The van der Waals surface area contributed by atoms with Gasteiger partial charge in [-0.2, -0.15) is 0 Å². The Morgan fingerprint density at radius 1 is 1.40 bits per heavy atom. The molecule has 6 nitrogen and oxygen atoms in total. The van der Waals surface area contributed by atoms with Gasteiger partial charge in [-0.15, -0.1) is 11.3 Å². The average Bonchev–Trinajstić information content (AvgIpc) is 3.16. The first-order valence-corrected chi connectivity index (χ1v) is 9.77. The summed E-state index contributed by atoms with van der Waals surface area (Å²) in [6.07, 6.45) is 5.58. The molecule has 2 aliphatic rings. The number of esters is 1. The van der Waals surface area contributed by atoms with Crippen LogP contribution in [0.15, 0.2) is 16.2 Å². The van der Waals surface area contributed by atoms with E-state index in [0.29, 0.717) is 23.5 Å². The number of thiazole rings is 1. The number of carbonyl (C=O) groups excluding carboxylic acids is 1. The van der Waals surface area contributed by atoms with Crippen molar-refractivity contribution < 1.29 is 9.53 Å². The van der Waals surface area contributed by atoms with Crippen molar-refractivity contribution in [3.05, 3.63) is 33.2 Å². The Bertz CT molecular complexity index is 859. The van der Waals surface area contributed by atoms with Crippen molar-refractivity contribution in [2.45, 2.75) is 57.7 Å². The first-order chi connectivity index (χ1) is 12.1. The summed E-state index contributed by atoms with van der Waals surface area (Å²) in [6, 6.07) is 1.78. The van der Waals surface area contributed by atoms with Gasteiger partial charge in [-0.05, 0) is 32.1 Å². The minimum atomic E-state index is -0.219. The van der Waals surface area contributed by atoms with Gasteiger partial charge in [0.15, 0.2) is 4.96 Å². The van der Waals surface area contributed by atoms with Crippen molar-refractivity contribution in [1.29, 1.82) is 0 Å². The van der Waals surface area contributed by atoms with Crippen molar-refractivity contribution >= 4 is 22.3 Å². The fourth-order valence-corrected chi connectivity index (χ4v) is 5.41. The lowest BCUT2D eigenvalue weighted by molar-refractivity contribution is -0.146. The Labute approximate surface area is 150 Å². The van der Waals surface area contributed by atoms with Gasteiger partial charge in [0.1, 0.15) is 6.04 Å². The molecule has 1 aliphatic carbocycles. The van der Waals surface area contributed by atoms with E-state index in [4.69, 9.17) is 4.74 Å². The van der Waals surface area contributed by atoms with Crippen LogP contribution in [0.5, 0.6) is 0 Å². The molecular weight excluding hydrogens is 338 g/mol. The van der Waals surface area contributed by atoms with Crippen LogP contribution in [0.25, 0.3) is 4.96 Å². The second-order valence-electron chi connectivity index (χ2n) is 7.14. The van der Waals surface area contributed by atoms with Crippen LogP contribution in [0.3, 0.4) is 0 Å². The Kier molecular flexibility index (Phi) is 4.37. The average molecular weight is 361 g/mol. The molecule has 0 bridgehead atoms. The Morgan fingerprint density at radius 3 is 3.00 bits per heavy atom. The highest BCUT2D eigenvalue weighted by molar-refractivity contribution is 7.15. The minimum Gasteiger partial charge on any atom is -0.468 e. The van der Waals surface area contributed by atoms with E-state index in [1.807, 2.05) is 12.3 Å². The zero-order chi connectivity index (χ0) is 17.6. The largest absolute Gasteiger partial charge is 0.468 e. The summed E-state index contributed by atoms with van der Waals surface area (Å²) in [4.78, 5) is 32.3. The van der Waals surface area contributed by atoms with Crippen LogP contribution >= 0.6 is 11.3 Å². The van der Waals surface area contributed by atoms with Gasteiger partial charge in [0.25, 0.3) is 5.56 Å². The van der Waals surface area contributed by atoms with Gasteiger partial charge < -0.3 is 4.74 Å². The topological polar surface area (TPSA) is 63.9 Å². The number of ether oxygens (including phenoxy) is 1. The van der Waals surface area contributed by atoms with Crippen molar-refractivity contribution in [3.63, 3.8) is 0 Å². The summed E-state index contributed by atoms with van der Waals surface area (Å²) in [5.41, 5.74) is 1.60. The molecule has 3 unspecified atom stereocenters. The quantitative estimate of drug-likeness (QED) is 0.786. The summed E-state index contributed by atoms with van der Waals surface area (Å²) in [7, 11) is 1.45. The summed E-state index contributed by atoms with van der Waals surface area (Å²) >= 11 is 1.48. The van der Waals surface area contributed by atoms with Gasteiger partial charge in [-0.25, -0.2) is 4.98 Å².